The Balaban J connectivity index is 2.22. The zero-order valence-corrected chi connectivity index (χ0v) is 12.5. The Kier molecular flexibility index (Phi) is 4.83. The molecule has 0 fully saturated rings. The summed E-state index contributed by atoms with van der Waals surface area (Å²) >= 11 is 0. The van der Waals surface area contributed by atoms with E-state index in [1.54, 1.807) is 18.2 Å². The molecule has 0 bridgehead atoms. The monoisotopic (exact) mass is 305 g/mol. The average Bonchev–Trinajstić information content (AvgIpc) is 2.54. The number of ether oxygens (including phenoxy) is 3. The molecule has 0 atom stereocenters. The molecule has 0 aromatic heterocycles. The minimum absolute atomic E-state index is 0.0735. The molecular formula is C16H16FNO4. The van der Waals surface area contributed by atoms with Gasteiger partial charge in [-0.3, -0.25) is 4.79 Å². The van der Waals surface area contributed by atoms with Gasteiger partial charge < -0.3 is 19.5 Å². The van der Waals surface area contributed by atoms with Crippen LogP contribution in [0.15, 0.2) is 36.4 Å². The number of carbonyl (C=O) groups excluding carboxylic acids is 1. The summed E-state index contributed by atoms with van der Waals surface area (Å²) in [4.78, 5) is 12.1. The second-order valence-corrected chi connectivity index (χ2v) is 4.37. The first-order valence-electron chi connectivity index (χ1n) is 6.46. The summed E-state index contributed by atoms with van der Waals surface area (Å²) < 4.78 is 29.0. The van der Waals surface area contributed by atoms with E-state index in [0.717, 1.165) is 6.07 Å². The first kappa shape index (κ1) is 15.6. The number of methoxy groups -OCH3 is 3. The number of benzene rings is 2. The molecule has 0 aliphatic carbocycles. The van der Waals surface area contributed by atoms with Gasteiger partial charge in [-0.1, -0.05) is 0 Å². The van der Waals surface area contributed by atoms with Gasteiger partial charge in [0.25, 0.3) is 5.91 Å². The summed E-state index contributed by atoms with van der Waals surface area (Å²) in [7, 11) is 4.44. The molecule has 116 valence electrons. The first-order valence-corrected chi connectivity index (χ1v) is 6.46. The quantitative estimate of drug-likeness (QED) is 0.922. The van der Waals surface area contributed by atoms with Crippen LogP contribution in [0.4, 0.5) is 10.1 Å². The molecule has 5 nitrogen and oxygen atoms in total. The van der Waals surface area contributed by atoms with E-state index >= 15 is 0 Å². The van der Waals surface area contributed by atoms with Crippen LogP contribution in [-0.4, -0.2) is 27.2 Å². The highest BCUT2D eigenvalue weighted by Crippen LogP contribution is 2.30. The topological polar surface area (TPSA) is 56.8 Å². The number of hydrogen-bond acceptors (Lipinski definition) is 4. The lowest BCUT2D eigenvalue weighted by molar-refractivity contribution is 0.102. The Hall–Kier alpha value is -2.76. The fourth-order valence-corrected chi connectivity index (χ4v) is 1.92. The number of anilines is 1. The van der Waals surface area contributed by atoms with E-state index in [1.165, 1.54) is 33.5 Å². The second kappa shape index (κ2) is 6.80. The van der Waals surface area contributed by atoms with E-state index in [-0.39, 0.29) is 5.56 Å². The van der Waals surface area contributed by atoms with Gasteiger partial charge in [0, 0.05) is 17.8 Å². The average molecular weight is 305 g/mol. The lowest BCUT2D eigenvalue weighted by Crippen LogP contribution is -2.13. The van der Waals surface area contributed by atoms with Crippen molar-refractivity contribution in [2.45, 2.75) is 0 Å². The van der Waals surface area contributed by atoms with Crippen LogP contribution >= 0.6 is 0 Å². The van der Waals surface area contributed by atoms with Gasteiger partial charge in [0.1, 0.15) is 11.6 Å². The van der Waals surface area contributed by atoms with Crippen molar-refractivity contribution in [1.29, 1.82) is 0 Å². The Labute approximate surface area is 127 Å². The van der Waals surface area contributed by atoms with Crippen molar-refractivity contribution in [2.75, 3.05) is 26.6 Å². The molecule has 2 rings (SSSR count). The zero-order valence-electron chi connectivity index (χ0n) is 12.5. The maximum Gasteiger partial charge on any atom is 0.258 e. The third-order valence-corrected chi connectivity index (χ3v) is 3.06. The van der Waals surface area contributed by atoms with Crippen molar-refractivity contribution >= 4 is 11.6 Å². The lowest BCUT2D eigenvalue weighted by atomic mass is 10.2. The molecule has 0 aliphatic rings. The summed E-state index contributed by atoms with van der Waals surface area (Å²) in [5, 5.41) is 2.61. The molecule has 0 radical (unpaired) electrons. The number of nitrogens with one attached hydrogen (secondary N) is 1. The van der Waals surface area contributed by atoms with Gasteiger partial charge in [0.15, 0.2) is 11.5 Å². The van der Waals surface area contributed by atoms with Crippen LogP contribution in [0.2, 0.25) is 0 Å². The van der Waals surface area contributed by atoms with Crippen molar-refractivity contribution in [1.82, 2.24) is 0 Å². The minimum atomic E-state index is -0.655. The smallest absolute Gasteiger partial charge is 0.258 e. The molecule has 2 aromatic carbocycles. The van der Waals surface area contributed by atoms with Crippen molar-refractivity contribution in [3.63, 3.8) is 0 Å². The molecule has 0 saturated carbocycles. The molecule has 6 heteroatoms. The van der Waals surface area contributed by atoms with Crippen LogP contribution in [0.1, 0.15) is 10.4 Å². The SMILES string of the molecule is COc1ccc(C(=O)Nc2ccc(OC)c(OC)c2)c(F)c1. The zero-order chi connectivity index (χ0) is 16.1. The lowest BCUT2D eigenvalue weighted by Gasteiger charge is -2.11. The van der Waals surface area contributed by atoms with E-state index < -0.39 is 11.7 Å². The van der Waals surface area contributed by atoms with Crippen molar-refractivity contribution in [3.8, 4) is 17.2 Å². The third kappa shape index (κ3) is 3.28. The van der Waals surface area contributed by atoms with Gasteiger partial charge >= 0.3 is 0 Å². The summed E-state index contributed by atoms with van der Waals surface area (Å²) in [6, 6.07) is 8.93. The minimum Gasteiger partial charge on any atom is -0.497 e. The van der Waals surface area contributed by atoms with Crippen LogP contribution in [0.3, 0.4) is 0 Å². The van der Waals surface area contributed by atoms with Crippen molar-refractivity contribution in [2.24, 2.45) is 0 Å². The second-order valence-electron chi connectivity index (χ2n) is 4.37. The van der Waals surface area contributed by atoms with Crippen LogP contribution in [0, 0.1) is 5.82 Å². The highest BCUT2D eigenvalue weighted by Gasteiger charge is 2.14. The number of hydrogen-bond donors (Lipinski definition) is 1. The number of amides is 1. The van der Waals surface area contributed by atoms with Crippen LogP contribution in [-0.2, 0) is 0 Å². The molecular weight excluding hydrogens is 289 g/mol. The van der Waals surface area contributed by atoms with Crippen LogP contribution < -0.4 is 19.5 Å². The van der Waals surface area contributed by atoms with Gasteiger partial charge in [0.2, 0.25) is 0 Å². The normalized spacial score (nSPS) is 10.0. The van der Waals surface area contributed by atoms with E-state index in [9.17, 15) is 9.18 Å². The third-order valence-electron chi connectivity index (χ3n) is 3.06. The molecule has 0 aliphatic heterocycles. The summed E-state index contributed by atoms with van der Waals surface area (Å²) in [6.45, 7) is 0. The van der Waals surface area contributed by atoms with Gasteiger partial charge in [-0.25, -0.2) is 4.39 Å². The molecule has 2 aromatic rings. The maximum atomic E-state index is 13.9. The largest absolute Gasteiger partial charge is 0.497 e. The van der Waals surface area contributed by atoms with E-state index in [0.29, 0.717) is 22.9 Å². The number of halogens is 1. The van der Waals surface area contributed by atoms with Gasteiger partial charge in [-0.05, 0) is 24.3 Å². The van der Waals surface area contributed by atoms with E-state index in [2.05, 4.69) is 5.32 Å². The Morgan fingerprint density at radius 3 is 2.27 bits per heavy atom. The van der Waals surface area contributed by atoms with E-state index in [4.69, 9.17) is 14.2 Å². The summed E-state index contributed by atoms with van der Waals surface area (Å²) in [5.41, 5.74) is 0.397. The van der Waals surface area contributed by atoms with Crippen molar-refractivity contribution in [3.05, 3.63) is 47.8 Å². The van der Waals surface area contributed by atoms with Crippen molar-refractivity contribution < 1.29 is 23.4 Å². The van der Waals surface area contributed by atoms with Gasteiger partial charge in [-0.15, -0.1) is 0 Å². The predicted octanol–water partition coefficient (Wildman–Crippen LogP) is 3.10. The summed E-state index contributed by atoms with van der Waals surface area (Å²) in [6.07, 6.45) is 0. The van der Waals surface area contributed by atoms with E-state index in [1.807, 2.05) is 0 Å². The fraction of sp³-hybridized carbons (Fsp3) is 0.188. The summed E-state index contributed by atoms with van der Waals surface area (Å²) in [5.74, 6) is 0.136. The Morgan fingerprint density at radius 1 is 0.955 bits per heavy atom. The molecule has 1 amide bonds. The highest BCUT2D eigenvalue weighted by molar-refractivity contribution is 6.04. The fourth-order valence-electron chi connectivity index (χ4n) is 1.92. The Bertz CT molecular complexity index is 688. The maximum absolute atomic E-state index is 13.9. The van der Waals surface area contributed by atoms with Crippen LogP contribution in [0.25, 0.3) is 0 Å². The molecule has 0 unspecified atom stereocenters. The van der Waals surface area contributed by atoms with Crippen LogP contribution in [0.5, 0.6) is 17.2 Å². The highest BCUT2D eigenvalue weighted by atomic mass is 19.1. The molecule has 0 heterocycles. The molecule has 22 heavy (non-hydrogen) atoms. The molecule has 0 spiro atoms. The Morgan fingerprint density at radius 2 is 1.68 bits per heavy atom. The first-order chi connectivity index (χ1) is 10.6. The molecule has 0 saturated heterocycles. The molecule has 1 N–H and O–H groups in total. The predicted molar refractivity (Wildman–Crippen MR) is 80.5 cm³/mol. The number of rotatable bonds is 5. The van der Waals surface area contributed by atoms with Gasteiger partial charge in [0.05, 0.1) is 26.9 Å². The number of carbonyl (C=O) groups is 1. The standard InChI is InChI=1S/C16H16FNO4/c1-20-11-5-6-12(13(17)9-11)16(19)18-10-4-7-14(21-2)15(8-10)22-3/h4-9H,1-3H3,(H,18,19). The van der Waals surface area contributed by atoms with Gasteiger partial charge in [-0.2, -0.15) is 0 Å².